The molecule has 1 rings (SSSR count). The van der Waals surface area contributed by atoms with Gasteiger partial charge in [-0.15, -0.1) is 0 Å². The summed E-state index contributed by atoms with van der Waals surface area (Å²) in [6, 6.07) is 0. The van der Waals surface area contributed by atoms with E-state index in [1.54, 1.807) is 0 Å². The number of rotatable bonds is 6. The van der Waals surface area contributed by atoms with Crippen molar-refractivity contribution in [2.24, 2.45) is 5.92 Å². The number of hydrogen-bond donors (Lipinski definition) is 1. The van der Waals surface area contributed by atoms with E-state index in [2.05, 4.69) is 6.58 Å². The predicted octanol–water partition coefficient (Wildman–Crippen LogP) is 1.98. The second-order valence-electron chi connectivity index (χ2n) is 5.31. The van der Waals surface area contributed by atoms with Crippen LogP contribution in [0.25, 0.3) is 0 Å². The van der Waals surface area contributed by atoms with E-state index in [9.17, 15) is 14.7 Å². The van der Waals surface area contributed by atoms with Crippen LogP contribution >= 0.6 is 0 Å². The lowest BCUT2D eigenvalue weighted by molar-refractivity contribution is -0.169. The molecule has 5 heteroatoms. The molecular weight excluding hydrogens is 260 g/mol. The lowest BCUT2D eigenvalue weighted by atomic mass is 9.92. The van der Waals surface area contributed by atoms with E-state index < -0.39 is 18.2 Å². The fourth-order valence-corrected chi connectivity index (χ4v) is 2.35. The summed E-state index contributed by atoms with van der Waals surface area (Å²) in [5, 5.41) is 9.99. The second kappa shape index (κ2) is 8.04. The van der Waals surface area contributed by atoms with Crippen LogP contribution in [0, 0.1) is 5.92 Å². The topological polar surface area (TPSA) is 72.8 Å². The van der Waals surface area contributed by atoms with Crippen LogP contribution in [0.1, 0.15) is 46.0 Å². The Morgan fingerprint density at radius 2 is 2.10 bits per heavy atom. The van der Waals surface area contributed by atoms with Gasteiger partial charge in [0, 0.05) is 12.5 Å². The Bertz CT molecular complexity index is 352. The number of hydrogen-bond acceptors (Lipinski definition) is 5. The average molecular weight is 284 g/mol. The Morgan fingerprint density at radius 1 is 1.40 bits per heavy atom. The van der Waals surface area contributed by atoms with Gasteiger partial charge >= 0.3 is 11.9 Å². The number of esters is 2. The van der Waals surface area contributed by atoms with Gasteiger partial charge in [-0.05, 0) is 19.3 Å². The number of carbonyl (C=O) groups excluding carboxylic acids is 2. The van der Waals surface area contributed by atoms with Gasteiger partial charge in [0.05, 0.1) is 12.0 Å². The Morgan fingerprint density at radius 3 is 2.65 bits per heavy atom. The Hall–Kier alpha value is -1.36. The molecule has 1 aliphatic carbocycles. The first-order chi connectivity index (χ1) is 9.47. The van der Waals surface area contributed by atoms with E-state index in [1.165, 1.54) is 0 Å². The van der Waals surface area contributed by atoms with Crippen LogP contribution in [0.3, 0.4) is 0 Å². The van der Waals surface area contributed by atoms with Crippen molar-refractivity contribution in [1.82, 2.24) is 0 Å². The van der Waals surface area contributed by atoms with Crippen molar-refractivity contribution in [3.8, 4) is 0 Å². The zero-order valence-corrected chi connectivity index (χ0v) is 12.2. The summed E-state index contributed by atoms with van der Waals surface area (Å²) in [5.41, 5.74) is 0. The molecule has 4 atom stereocenters. The molecule has 0 spiro atoms. The second-order valence-corrected chi connectivity index (χ2v) is 5.31. The normalized spacial score (nSPS) is 27.4. The maximum Gasteiger partial charge on any atom is 0.330 e. The third-order valence-corrected chi connectivity index (χ3v) is 3.55. The van der Waals surface area contributed by atoms with Gasteiger partial charge in [-0.3, -0.25) is 4.79 Å². The molecule has 1 saturated carbocycles. The lowest BCUT2D eigenvalue weighted by Crippen LogP contribution is -2.41. The first-order valence-electron chi connectivity index (χ1n) is 7.19. The van der Waals surface area contributed by atoms with Gasteiger partial charge in [-0.25, -0.2) is 4.79 Å². The molecule has 1 fully saturated rings. The summed E-state index contributed by atoms with van der Waals surface area (Å²) in [4.78, 5) is 22.9. The standard InChI is InChI=1S/C15H24O5/c1-4-6-10(3)15(18)20-13-8-7-11(9-12(13)16)19-14(17)5-2/h5,10-13,16H,2,4,6-9H2,1,3H3. The van der Waals surface area contributed by atoms with Crippen molar-refractivity contribution >= 4 is 11.9 Å². The Balaban J connectivity index is 2.42. The monoisotopic (exact) mass is 284 g/mol. The van der Waals surface area contributed by atoms with E-state index in [-0.39, 0.29) is 18.0 Å². The van der Waals surface area contributed by atoms with Crippen LogP contribution in [-0.2, 0) is 19.1 Å². The van der Waals surface area contributed by atoms with Crippen molar-refractivity contribution in [1.29, 1.82) is 0 Å². The highest BCUT2D eigenvalue weighted by Gasteiger charge is 2.34. The van der Waals surface area contributed by atoms with Crippen LogP contribution in [0.5, 0.6) is 0 Å². The molecular formula is C15H24O5. The first-order valence-corrected chi connectivity index (χ1v) is 7.19. The Kier molecular flexibility index (Phi) is 6.71. The smallest absolute Gasteiger partial charge is 0.330 e. The van der Waals surface area contributed by atoms with Crippen LogP contribution in [-0.4, -0.2) is 35.4 Å². The minimum absolute atomic E-state index is 0.150. The third-order valence-electron chi connectivity index (χ3n) is 3.55. The SMILES string of the molecule is C=CC(=O)OC1CCC(OC(=O)C(C)CCC)C(O)C1. The molecule has 5 nitrogen and oxygen atoms in total. The summed E-state index contributed by atoms with van der Waals surface area (Å²) < 4.78 is 10.4. The lowest BCUT2D eigenvalue weighted by Gasteiger charge is -2.32. The van der Waals surface area contributed by atoms with Crippen LogP contribution in [0.15, 0.2) is 12.7 Å². The molecule has 1 N–H and O–H groups in total. The number of carbonyl (C=O) groups is 2. The maximum absolute atomic E-state index is 11.8. The van der Waals surface area contributed by atoms with Crippen LogP contribution in [0.4, 0.5) is 0 Å². The molecule has 1 aliphatic rings. The number of aliphatic hydroxyl groups is 1. The molecule has 0 heterocycles. The molecule has 4 unspecified atom stereocenters. The molecule has 0 radical (unpaired) electrons. The van der Waals surface area contributed by atoms with Crippen molar-refractivity contribution < 1.29 is 24.2 Å². The molecule has 0 saturated heterocycles. The van der Waals surface area contributed by atoms with E-state index in [0.29, 0.717) is 19.3 Å². The van der Waals surface area contributed by atoms with Crippen molar-refractivity contribution in [3.63, 3.8) is 0 Å². The van der Waals surface area contributed by atoms with Crippen LogP contribution < -0.4 is 0 Å². The van der Waals surface area contributed by atoms with Gasteiger partial charge in [-0.1, -0.05) is 26.8 Å². The molecule has 0 aromatic carbocycles. The Labute approximate surface area is 119 Å². The van der Waals surface area contributed by atoms with Crippen molar-refractivity contribution in [2.75, 3.05) is 0 Å². The van der Waals surface area contributed by atoms with Gasteiger partial charge in [0.1, 0.15) is 12.2 Å². The molecule has 0 bridgehead atoms. The number of aliphatic hydroxyl groups excluding tert-OH is 1. The van der Waals surface area contributed by atoms with Gasteiger partial charge in [-0.2, -0.15) is 0 Å². The highest BCUT2D eigenvalue weighted by molar-refractivity contribution is 5.81. The van der Waals surface area contributed by atoms with E-state index in [1.807, 2.05) is 13.8 Å². The third kappa shape index (κ3) is 4.96. The van der Waals surface area contributed by atoms with E-state index in [4.69, 9.17) is 9.47 Å². The fraction of sp³-hybridized carbons (Fsp3) is 0.733. The highest BCUT2D eigenvalue weighted by atomic mass is 16.6. The van der Waals surface area contributed by atoms with Crippen molar-refractivity contribution in [2.45, 2.75) is 64.3 Å². The fourth-order valence-electron chi connectivity index (χ4n) is 2.35. The summed E-state index contributed by atoms with van der Waals surface area (Å²) in [5.74, 6) is -0.907. The van der Waals surface area contributed by atoms with Crippen LogP contribution in [0.2, 0.25) is 0 Å². The molecule has 0 amide bonds. The zero-order chi connectivity index (χ0) is 15.1. The summed E-state index contributed by atoms with van der Waals surface area (Å²) in [7, 11) is 0. The molecule has 114 valence electrons. The number of ether oxygens (including phenoxy) is 2. The minimum atomic E-state index is -0.788. The van der Waals surface area contributed by atoms with Gasteiger partial charge in [0.2, 0.25) is 0 Å². The van der Waals surface area contributed by atoms with Gasteiger partial charge in [0.15, 0.2) is 0 Å². The average Bonchev–Trinajstić information content (AvgIpc) is 2.41. The summed E-state index contributed by atoms with van der Waals surface area (Å²) in [6.45, 7) is 7.17. The largest absolute Gasteiger partial charge is 0.459 e. The van der Waals surface area contributed by atoms with E-state index >= 15 is 0 Å². The summed E-state index contributed by atoms with van der Waals surface area (Å²) in [6.07, 6.45) is 2.55. The minimum Gasteiger partial charge on any atom is -0.459 e. The van der Waals surface area contributed by atoms with Crippen molar-refractivity contribution in [3.05, 3.63) is 12.7 Å². The maximum atomic E-state index is 11.8. The summed E-state index contributed by atoms with van der Waals surface area (Å²) >= 11 is 0. The zero-order valence-electron chi connectivity index (χ0n) is 12.2. The molecule has 20 heavy (non-hydrogen) atoms. The quantitative estimate of drug-likeness (QED) is 0.596. The van der Waals surface area contributed by atoms with Gasteiger partial charge in [0.25, 0.3) is 0 Å². The molecule has 0 aliphatic heterocycles. The molecule has 0 aromatic heterocycles. The highest BCUT2D eigenvalue weighted by Crippen LogP contribution is 2.25. The predicted molar refractivity (Wildman–Crippen MR) is 73.9 cm³/mol. The first kappa shape index (κ1) is 16.7. The molecule has 0 aromatic rings. The van der Waals surface area contributed by atoms with Gasteiger partial charge < -0.3 is 14.6 Å². The van der Waals surface area contributed by atoms with E-state index in [0.717, 1.165) is 18.9 Å².